The Balaban J connectivity index is 1.69. The zero-order valence-corrected chi connectivity index (χ0v) is 12.2. The van der Waals surface area contributed by atoms with E-state index in [1.807, 2.05) is 30.3 Å². The maximum Gasteiger partial charge on any atom is 0.131 e. The molecule has 2 aromatic carbocycles. The van der Waals surface area contributed by atoms with Crippen molar-refractivity contribution in [1.29, 1.82) is 0 Å². The van der Waals surface area contributed by atoms with Gasteiger partial charge in [0, 0.05) is 18.0 Å². The molecule has 0 saturated carbocycles. The van der Waals surface area contributed by atoms with Gasteiger partial charge in [0.25, 0.3) is 0 Å². The van der Waals surface area contributed by atoms with Crippen LogP contribution in [0.15, 0.2) is 36.4 Å². The van der Waals surface area contributed by atoms with E-state index >= 15 is 0 Å². The van der Waals surface area contributed by atoms with Gasteiger partial charge in [0.1, 0.15) is 5.82 Å². The molecule has 0 amide bonds. The van der Waals surface area contributed by atoms with Crippen molar-refractivity contribution in [1.82, 2.24) is 0 Å². The maximum atomic E-state index is 13.8. The van der Waals surface area contributed by atoms with E-state index in [1.54, 1.807) is 0 Å². The van der Waals surface area contributed by atoms with Crippen molar-refractivity contribution in [2.24, 2.45) is 5.73 Å². The van der Waals surface area contributed by atoms with E-state index in [1.165, 1.54) is 18.9 Å². The number of fused-ring (bicyclic) bond motifs is 1. The first-order chi connectivity index (χ1) is 10.3. The van der Waals surface area contributed by atoms with E-state index < -0.39 is 0 Å². The predicted octanol–water partition coefficient (Wildman–Crippen LogP) is 4.33. The van der Waals surface area contributed by atoms with Crippen LogP contribution in [0.25, 0.3) is 10.8 Å². The minimum Gasteiger partial charge on any atom is -0.378 e. The second-order valence-corrected chi connectivity index (χ2v) is 5.85. The van der Waals surface area contributed by atoms with Crippen LogP contribution in [0.1, 0.15) is 43.7 Å². The third-order valence-corrected chi connectivity index (χ3v) is 4.37. The van der Waals surface area contributed by atoms with Crippen LogP contribution in [0.4, 0.5) is 4.39 Å². The molecule has 1 saturated heterocycles. The summed E-state index contributed by atoms with van der Waals surface area (Å²) in [6, 6.07) is 10.9. The molecule has 0 spiro atoms. The monoisotopic (exact) mass is 287 g/mol. The molecule has 2 aromatic rings. The first-order valence-corrected chi connectivity index (χ1v) is 7.80. The lowest BCUT2D eigenvalue weighted by Gasteiger charge is -2.16. The van der Waals surface area contributed by atoms with Crippen LogP contribution in [0.3, 0.4) is 0 Å². The molecule has 2 N–H and O–H groups in total. The van der Waals surface area contributed by atoms with Crippen molar-refractivity contribution in [2.75, 3.05) is 6.61 Å². The van der Waals surface area contributed by atoms with Gasteiger partial charge in [0.15, 0.2) is 0 Å². The molecule has 2 unspecified atom stereocenters. The van der Waals surface area contributed by atoms with Gasteiger partial charge in [-0.2, -0.15) is 0 Å². The van der Waals surface area contributed by atoms with Crippen LogP contribution in [0.5, 0.6) is 0 Å². The third-order valence-electron chi connectivity index (χ3n) is 4.37. The molecule has 1 heterocycles. The van der Waals surface area contributed by atoms with E-state index in [0.717, 1.165) is 36.8 Å². The fourth-order valence-corrected chi connectivity index (χ4v) is 3.20. The van der Waals surface area contributed by atoms with Crippen LogP contribution in [0.2, 0.25) is 0 Å². The van der Waals surface area contributed by atoms with E-state index in [0.29, 0.717) is 11.5 Å². The molecule has 3 rings (SSSR count). The average Bonchev–Trinajstić information content (AvgIpc) is 3.01. The number of ether oxygens (including phenoxy) is 1. The quantitative estimate of drug-likeness (QED) is 0.888. The number of benzene rings is 2. The van der Waals surface area contributed by atoms with Crippen molar-refractivity contribution in [3.8, 4) is 0 Å². The maximum absolute atomic E-state index is 13.8. The summed E-state index contributed by atoms with van der Waals surface area (Å²) in [5, 5.41) is 1.59. The zero-order chi connectivity index (χ0) is 14.7. The van der Waals surface area contributed by atoms with Gasteiger partial charge < -0.3 is 10.5 Å². The molecule has 1 aliphatic heterocycles. The van der Waals surface area contributed by atoms with Crippen molar-refractivity contribution in [2.45, 2.75) is 44.2 Å². The van der Waals surface area contributed by atoms with E-state index in [4.69, 9.17) is 10.5 Å². The Morgan fingerprint density at radius 2 is 2.00 bits per heavy atom. The topological polar surface area (TPSA) is 35.2 Å². The van der Waals surface area contributed by atoms with Crippen LogP contribution >= 0.6 is 0 Å². The van der Waals surface area contributed by atoms with Gasteiger partial charge >= 0.3 is 0 Å². The van der Waals surface area contributed by atoms with Crippen molar-refractivity contribution in [3.63, 3.8) is 0 Å². The summed E-state index contributed by atoms with van der Waals surface area (Å²) in [4.78, 5) is 0. The van der Waals surface area contributed by atoms with Gasteiger partial charge in [-0.25, -0.2) is 4.39 Å². The van der Waals surface area contributed by atoms with E-state index in [-0.39, 0.29) is 11.9 Å². The Morgan fingerprint density at radius 3 is 2.76 bits per heavy atom. The normalized spacial score (nSPS) is 20.0. The molecule has 2 nitrogen and oxygen atoms in total. The summed E-state index contributed by atoms with van der Waals surface area (Å²) in [5.41, 5.74) is 7.37. The van der Waals surface area contributed by atoms with Crippen molar-refractivity contribution < 1.29 is 9.13 Å². The van der Waals surface area contributed by atoms with Crippen molar-refractivity contribution >= 4 is 10.8 Å². The Hall–Kier alpha value is -1.45. The predicted molar refractivity (Wildman–Crippen MR) is 83.7 cm³/mol. The number of halogens is 1. The minimum absolute atomic E-state index is 0.0445. The molecule has 3 heteroatoms. The number of nitrogens with two attached hydrogens (primary N) is 1. The molecule has 112 valence electrons. The lowest BCUT2D eigenvalue weighted by Crippen LogP contribution is -2.12. The van der Waals surface area contributed by atoms with Gasteiger partial charge in [0.05, 0.1) is 6.10 Å². The Bertz CT molecular complexity index is 607. The molecule has 1 fully saturated rings. The second kappa shape index (κ2) is 6.54. The Kier molecular flexibility index (Phi) is 4.51. The largest absolute Gasteiger partial charge is 0.378 e. The minimum atomic E-state index is -0.180. The molecule has 1 aliphatic rings. The zero-order valence-electron chi connectivity index (χ0n) is 12.2. The molecule has 0 aliphatic carbocycles. The van der Waals surface area contributed by atoms with Gasteiger partial charge in [0.2, 0.25) is 0 Å². The first kappa shape index (κ1) is 14.5. The average molecular weight is 287 g/mol. The first-order valence-electron chi connectivity index (χ1n) is 7.80. The molecular weight excluding hydrogens is 265 g/mol. The van der Waals surface area contributed by atoms with Gasteiger partial charge in [-0.3, -0.25) is 0 Å². The summed E-state index contributed by atoms with van der Waals surface area (Å²) < 4.78 is 19.5. The fourth-order valence-electron chi connectivity index (χ4n) is 3.20. The van der Waals surface area contributed by atoms with Crippen LogP contribution in [-0.4, -0.2) is 12.7 Å². The lowest BCUT2D eigenvalue weighted by atomic mass is 9.95. The number of hydrogen-bond donors (Lipinski definition) is 1. The highest BCUT2D eigenvalue weighted by molar-refractivity contribution is 5.86. The standard InChI is InChI=1S/C18H22FNO/c19-17-11-10-16(14-7-1-2-8-15(14)17)18(20)9-3-5-13-6-4-12-21-13/h1-2,7-8,10-11,13,18H,3-6,9,12,20H2. The van der Waals surface area contributed by atoms with Crippen molar-refractivity contribution in [3.05, 3.63) is 47.8 Å². The molecular formula is C18H22FNO. The van der Waals surface area contributed by atoms with Gasteiger partial charge in [-0.1, -0.05) is 30.3 Å². The lowest BCUT2D eigenvalue weighted by molar-refractivity contribution is 0.101. The smallest absolute Gasteiger partial charge is 0.131 e. The molecule has 2 atom stereocenters. The fraction of sp³-hybridized carbons (Fsp3) is 0.444. The summed E-state index contributed by atoms with van der Waals surface area (Å²) in [7, 11) is 0. The van der Waals surface area contributed by atoms with Crippen LogP contribution in [-0.2, 0) is 4.74 Å². The second-order valence-electron chi connectivity index (χ2n) is 5.85. The molecule has 0 aromatic heterocycles. The summed E-state index contributed by atoms with van der Waals surface area (Å²) >= 11 is 0. The molecule has 0 radical (unpaired) electrons. The SMILES string of the molecule is NC(CCCC1CCCO1)c1ccc(F)c2ccccc12. The highest BCUT2D eigenvalue weighted by Gasteiger charge is 2.17. The van der Waals surface area contributed by atoms with E-state index in [9.17, 15) is 4.39 Å². The van der Waals surface area contributed by atoms with Gasteiger partial charge in [-0.05, 0) is 49.1 Å². The summed E-state index contributed by atoms with van der Waals surface area (Å²) in [5.74, 6) is -0.180. The van der Waals surface area contributed by atoms with Crippen LogP contribution < -0.4 is 5.73 Å². The number of hydrogen-bond acceptors (Lipinski definition) is 2. The van der Waals surface area contributed by atoms with Crippen LogP contribution in [0, 0.1) is 5.82 Å². The van der Waals surface area contributed by atoms with E-state index in [2.05, 4.69) is 0 Å². The third kappa shape index (κ3) is 3.25. The summed E-state index contributed by atoms with van der Waals surface area (Å²) in [6.07, 6.45) is 5.82. The molecule has 21 heavy (non-hydrogen) atoms. The summed E-state index contributed by atoms with van der Waals surface area (Å²) in [6.45, 7) is 0.902. The Morgan fingerprint density at radius 1 is 1.19 bits per heavy atom. The highest BCUT2D eigenvalue weighted by atomic mass is 19.1. The van der Waals surface area contributed by atoms with Gasteiger partial charge in [-0.15, -0.1) is 0 Å². The highest BCUT2D eigenvalue weighted by Crippen LogP contribution is 2.28. The number of rotatable bonds is 5. The molecule has 0 bridgehead atoms. The Labute approximate surface area is 125 Å².